The van der Waals surface area contributed by atoms with Crippen LogP contribution in [0.4, 0.5) is 0 Å². The van der Waals surface area contributed by atoms with Crippen LogP contribution in [0.5, 0.6) is 0 Å². The summed E-state index contributed by atoms with van der Waals surface area (Å²) >= 11 is 0. The average molecular weight is 258 g/mol. The highest BCUT2D eigenvalue weighted by Crippen LogP contribution is 2.45. The number of benzene rings is 1. The summed E-state index contributed by atoms with van der Waals surface area (Å²) in [6.07, 6.45) is 2.11. The van der Waals surface area contributed by atoms with Gasteiger partial charge in [-0.1, -0.05) is 51.1 Å². The zero-order chi connectivity index (χ0) is 14.3. The van der Waals surface area contributed by atoms with Gasteiger partial charge in [-0.2, -0.15) is 0 Å². The molecule has 0 aromatic heterocycles. The summed E-state index contributed by atoms with van der Waals surface area (Å²) in [5.74, 6) is 0.684. The minimum absolute atomic E-state index is 0.0594. The minimum atomic E-state index is -0.532. The molecule has 1 aromatic rings. The van der Waals surface area contributed by atoms with Crippen LogP contribution in [0.25, 0.3) is 0 Å². The third-order valence-corrected chi connectivity index (χ3v) is 3.72. The van der Waals surface area contributed by atoms with Crippen molar-refractivity contribution in [2.75, 3.05) is 0 Å². The first kappa shape index (κ1) is 13.9. The van der Waals surface area contributed by atoms with Crippen LogP contribution in [-0.2, 0) is 9.53 Å². The molecular weight excluding hydrogens is 236 g/mol. The molecule has 0 bridgehead atoms. The van der Waals surface area contributed by atoms with Crippen molar-refractivity contribution in [3.63, 3.8) is 0 Å². The van der Waals surface area contributed by atoms with Crippen LogP contribution in [0.3, 0.4) is 0 Å². The molecule has 1 aliphatic heterocycles. The lowest BCUT2D eigenvalue weighted by atomic mass is 9.72. The summed E-state index contributed by atoms with van der Waals surface area (Å²) in [5.41, 5.74) is 0.473. The van der Waals surface area contributed by atoms with Gasteiger partial charge in [0.05, 0.1) is 5.41 Å². The van der Waals surface area contributed by atoms with E-state index in [1.54, 1.807) is 0 Å². The van der Waals surface area contributed by atoms with Gasteiger partial charge in [0.1, 0.15) is 5.76 Å². The van der Waals surface area contributed by atoms with E-state index in [9.17, 15) is 4.79 Å². The molecule has 0 radical (unpaired) electrons. The van der Waals surface area contributed by atoms with E-state index in [-0.39, 0.29) is 17.3 Å². The van der Waals surface area contributed by atoms with Gasteiger partial charge in [0.15, 0.2) is 0 Å². The average Bonchev–Trinajstić information content (AvgIpc) is 2.32. The summed E-state index contributed by atoms with van der Waals surface area (Å²) in [5, 5.41) is 0. The second-order valence-electron chi connectivity index (χ2n) is 6.78. The molecule has 0 N–H and O–H groups in total. The zero-order valence-electron chi connectivity index (χ0n) is 12.4. The van der Waals surface area contributed by atoms with Crippen molar-refractivity contribution in [3.8, 4) is 0 Å². The summed E-state index contributed by atoms with van der Waals surface area (Å²) in [4.78, 5) is 12.3. The maximum atomic E-state index is 12.3. The van der Waals surface area contributed by atoms with E-state index in [1.165, 1.54) is 0 Å². The number of hydrogen-bond donors (Lipinski definition) is 0. The Balaban J connectivity index is 2.51. The van der Waals surface area contributed by atoms with Crippen LogP contribution in [0, 0.1) is 10.8 Å². The Hall–Kier alpha value is -1.57. The molecule has 0 spiro atoms. The third-order valence-electron chi connectivity index (χ3n) is 3.72. The summed E-state index contributed by atoms with van der Waals surface area (Å²) in [7, 11) is 0. The van der Waals surface area contributed by atoms with Gasteiger partial charge >= 0.3 is 5.97 Å². The van der Waals surface area contributed by atoms with Crippen molar-refractivity contribution in [2.45, 2.75) is 40.5 Å². The van der Waals surface area contributed by atoms with Crippen molar-refractivity contribution in [2.24, 2.45) is 10.8 Å². The van der Waals surface area contributed by atoms with Gasteiger partial charge in [-0.3, -0.25) is 4.79 Å². The smallest absolute Gasteiger partial charge is 0.317 e. The normalized spacial score (nSPS) is 22.7. The molecule has 19 heavy (non-hydrogen) atoms. The minimum Gasteiger partial charge on any atom is -0.430 e. The number of esters is 1. The highest BCUT2D eigenvalue weighted by molar-refractivity contribution is 5.80. The Morgan fingerprint density at radius 3 is 2.21 bits per heavy atom. The Morgan fingerprint density at radius 2 is 1.68 bits per heavy atom. The van der Waals surface area contributed by atoms with Crippen LogP contribution in [-0.4, -0.2) is 5.97 Å². The predicted octanol–water partition coefficient (Wildman–Crippen LogP) is 4.28. The number of rotatable bonds is 1. The second-order valence-corrected chi connectivity index (χ2v) is 6.78. The van der Waals surface area contributed by atoms with Crippen LogP contribution in [0.2, 0.25) is 0 Å². The van der Waals surface area contributed by atoms with Crippen LogP contribution in [0.15, 0.2) is 42.2 Å². The first-order chi connectivity index (χ1) is 8.73. The van der Waals surface area contributed by atoms with Gasteiger partial charge in [0.2, 0.25) is 0 Å². The van der Waals surface area contributed by atoms with E-state index in [0.29, 0.717) is 0 Å². The molecule has 0 aliphatic carbocycles. The molecule has 1 aromatic carbocycles. The van der Waals surface area contributed by atoms with E-state index in [4.69, 9.17) is 4.74 Å². The Bertz CT molecular complexity index is 504. The molecule has 102 valence electrons. The Kier molecular flexibility index (Phi) is 3.29. The molecular formula is C17H22O2. The maximum Gasteiger partial charge on any atom is 0.317 e. The van der Waals surface area contributed by atoms with E-state index in [2.05, 4.69) is 39.0 Å². The van der Waals surface area contributed by atoms with E-state index >= 15 is 0 Å². The molecule has 0 saturated heterocycles. The molecule has 0 saturated carbocycles. The Labute approximate surface area is 115 Å². The highest BCUT2D eigenvalue weighted by atomic mass is 16.5. The topological polar surface area (TPSA) is 26.3 Å². The van der Waals surface area contributed by atoms with E-state index < -0.39 is 5.41 Å². The van der Waals surface area contributed by atoms with Gasteiger partial charge in [-0.25, -0.2) is 0 Å². The van der Waals surface area contributed by atoms with Crippen LogP contribution in [0.1, 0.15) is 46.1 Å². The molecule has 2 nitrogen and oxygen atoms in total. The number of cyclic esters (lactones) is 1. The fraction of sp³-hybridized carbons (Fsp3) is 0.471. The lowest BCUT2D eigenvalue weighted by Gasteiger charge is -2.38. The fourth-order valence-electron chi connectivity index (χ4n) is 2.33. The van der Waals surface area contributed by atoms with Gasteiger partial charge in [-0.05, 0) is 25.5 Å². The highest BCUT2D eigenvalue weighted by Gasteiger charge is 2.44. The third kappa shape index (κ3) is 2.58. The predicted molar refractivity (Wildman–Crippen MR) is 76.6 cm³/mol. The quantitative estimate of drug-likeness (QED) is 0.703. The van der Waals surface area contributed by atoms with E-state index in [0.717, 1.165) is 11.3 Å². The van der Waals surface area contributed by atoms with Crippen LogP contribution >= 0.6 is 0 Å². The first-order valence-corrected chi connectivity index (χ1v) is 6.72. The summed E-state index contributed by atoms with van der Waals surface area (Å²) < 4.78 is 5.54. The number of ether oxygens (including phenoxy) is 1. The van der Waals surface area contributed by atoms with Crippen molar-refractivity contribution in [1.82, 2.24) is 0 Å². The van der Waals surface area contributed by atoms with Crippen LogP contribution < -0.4 is 0 Å². The number of carbonyl (C=O) groups excluding carboxylic acids is 1. The lowest BCUT2D eigenvalue weighted by Crippen LogP contribution is -2.38. The van der Waals surface area contributed by atoms with E-state index in [1.807, 2.05) is 32.0 Å². The monoisotopic (exact) mass is 258 g/mol. The first-order valence-electron chi connectivity index (χ1n) is 6.72. The molecule has 2 rings (SSSR count). The largest absolute Gasteiger partial charge is 0.430 e. The summed E-state index contributed by atoms with van der Waals surface area (Å²) in [6, 6.07) is 10.2. The molecule has 1 unspecified atom stereocenters. The molecule has 1 aliphatic rings. The maximum absolute atomic E-state index is 12.3. The van der Waals surface area contributed by atoms with Crippen molar-refractivity contribution in [1.29, 1.82) is 0 Å². The zero-order valence-corrected chi connectivity index (χ0v) is 12.4. The molecule has 0 amide bonds. The fourth-order valence-corrected chi connectivity index (χ4v) is 2.33. The lowest BCUT2D eigenvalue weighted by molar-refractivity contribution is -0.154. The summed E-state index contributed by atoms with van der Waals surface area (Å²) in [6.45, 7) is 10.1. The molecule has 1 atom stereocenters. The molecule has 1 heterocycles. The van der Waals surface area contributed by atoms with Gasteiger partial charge < -0.3 is 4.74 Å². The van der Waals surface area contributed by atoms with Gasteiger partial charge in [-0.15, -0.1) is 0 Å². The Morgan fingerprint density at radius 1 is 1.11 bits per heavy atom. The molecule has 2 heteroatoms. The van der Waals surface area contributed by atoms with Gasteiger partial charge in [0.25, 0.3) is 0 Å². The molecule has 0 fully saturated rings. The second kappa shape index (κ2) is 4.52. The number of hydrogen-bond acceptors (Lipinski definition) is 2. The van der Waals surface area contributed by atoms with Crippen molar-refractivity contribution >= 4 is 5.97 Å². The number of allylic oxidation sites excluding steroid dienone is 2. The number of carbonyl (C=O) groups is 1. The van der Waals surface area contributed by atoms with Crippen molar-refractivity contribution < 1.29 is 9.53 Å². The standard InChI is InChI=1S/C17H22O2/c1-16(2,3)14-11-13(12-9-7-6-8-10-12)17(4,5)15(18)19-14/h6-11,13H,1-5H3. The van der Waals surface area contributed by atoms with Crippen molar-refractivity contribution in [3.05, 3.63) is 47.7 Å². The van der Waals surface area contributed by atoms with Gasteiger partial charge in [0, 0.05) is 11.3 Å². The SMILES string of the molecule is CC(C)(C)C1=CC(c2ccccc2)C(C)(C)C(=O)O1.